The molecule has 118 valence electrons. The number of hydrazine groups is 1. The van der Waals surface area contributed by atoms with Gasteiger partial charge in [0.2, 0.25) is 0 Å². The zero-order valence-corrected chi connectivity index (χ0v) is 13.0. The highest BCUT2D eigenvalue weighted by atomic mass is 16.5. The molecule has 2 fully saturated rings. The standard InChI is InChI=1S/C15H27N5O/c1-11(2)20-7-5-12(18-20)8-14(17-16)15-9-19-6-3-4-13(19)10-21-15/h5,7,11,13-15,17H,3-4,6,8-10,16H2,1-2H3. The van der Waals surface area contributed by atoms with E-state index in [9.17, 15) is 0 Å². The minimum atomic E-state index is 0.113. The van der Waals surface area contributed by atoms with Crippen molar-refractivity contribution in [2.45, 2.75) is 57.3 Å². The summed E-state index contributed by atoms with van der Waals surface area (Å²) in [5.74, 6) is 5.77. The summed E-state index contributed by atoms with van der Waals surface area (Å²) < 4.78 is 8.04. The first-order valence-electron chi connectivity index (χ1n) is 8.03. The molecular formula is C15H27N5O. The fourth-order valence-electron chi connectivity index (χ4n) is 3.38. The zero-order valence-electron chi connectivity index (χ0n) is 13.0. The van der Waals surface area contributed by atoms with Crippen molar-refractivity contribution in [1.29, 1.82) is 0 Å². The van der Waals surface area contributed by atoms with Gasteiger partial charge in [-0.3, -0.25) is 20.9 Å². The van der Waals surface area contributed by atoms with E-state index in [4.69, 9.17) is 10.6 Å². The van der Waals surface area contributed by atoms with Gasteiger partial charge in [0.05, 0.1) is 24.4 Å². The third-order valence-electron chi connectivity index (χ3n) is 4.70. The number of hydrogen-bond acceptors (Lipinski definition) is 5. The molecule has 2 aliphatic heterocycles. The molecule has 1 aromatic rings. The fraction of sp³-hybridized carbons (Fsp3) is 0.800. The maximum Gasteiger partial charge on any atom is 0.0872 e. The van der Waals surface area contributed by atoms with Crippen molar-refractivity contribution in [1.82, 2.24) is 20.1 Å². The van der Waals surface area contributed by atoms with Gasteiger partial charge in [-0.2, -0.15) is 5.10 Å². The number of fused-ring (bicyclic) bond motifs is 1. The van der Waals surface area contributed by atoms with E-state index >= 15 is 0 Å². The van der Waals surface area contributed by atoms with Crippen molar-refractivity contribution in [3.63, 3.8) is 0 Å². The number of ether oxygens (including phenoxy) is 1. The summed E-state index contributed by atoms with van der Waals surface area (Å²) in [6.07, 6.45) is 5.55. The average Bonchev–Trinajstić information content (AvgIpc) is 3.12. The molecule has 0 spiro atoms. The van der Waals surface area contributed by atoms with Gasteiger partial charge in [0, 0.05) is 31.2 Å². The van der Waals surface area contributed by atoms with Crippen LogP contribution in [0, 0.1) is 0 Å². The van der Waals surface area contributed by atoms with E-state index in [0.29, 0.717) is 12.1 Å². The van der Waals surface area contributed by atoms with Crippen LogP contribution in [0.2, 0.25) is 0 Å². The summed E-state index contributed by atoms with van der Waals surface area (Å²) in [6, 6.07) is 3.20. The lowest BCUT2D eigenvalue weighted by Crippen LogP contribution is -2.56. The van der Waals surface area contributed by atoms with Gasteiger partial charge >= 0.3 is 0 Å². The molecule has 0 radical (unpaired) electrons. The van der Waals surface area contributed by atoms with Crippen molar-refractivity contribution >= 4 is 0 Å². The molecule has 2 aliphatic rings. The number of nitrogens with zero attached hydrogens (tertiary/aromatic N) is 3. The van der Waals surface area contributed by atoms with Gasteiger partial charge in [0.25, 0.3) is 0 Å². The Morgan fingerprint density at radius 1 is 1.52 bits per heavy atom. The monoisotopic (exact) mass is 293 g/mol. The summed E-state index contributed by atoms with van der Waals surface area (Å²) >= 11 is 0. The van der Waals surface area contributed by atoms with Gasteiger partial charge in [-0.15, -0.1) is 0 Å². The highest BCUT2D eigenvalue weighted by Gasteiger charge is 2.35. The Morgan fingerprint density at radius 3 is 3.10 bits per heavy atom. The molecule has 3 atom stereocenters. The van der Waals surface area contributed by atoms with E-state index in [2.05, 4.69) is 35.3 Å². The zero-order chi connectivity index (χ0) is 14.8. The second-order valence-electron chi connectivity index (χ2n) is 6.52. The lowest BCUT2D eigenvalue weighted by Gasteiger charge is -2.38. The number of aromatic nitrogens is 2. The van der Waals surface area contributed by atoms with Crippen LogP contribution in [-0.2, 0) is 11.2 Å². The molecule has 0 amide bonds. The number of morpholine rings is 1. The topological polar surface area (TPSA) is 68.3 Å². The van der Waals surface area contributed by atoms with E-state index in [1.807, 2.05) is 10.9 Å². The molecule has 0 bridgehead atoms. The van der Waals surface area contributed by atoms with Crippen molar-refractivity contribution in [3.8, 4) is 0 Å². The first-order chi connectivity index (χ1) is 10.2. The molecular weight excluding hydrogens is 266 g/mol. The second kappa shape index (κ2) is 6.44. The van der Waals surface area contributed by atoms with Crippen LogP contribution in [0.15, 0.2) is 12.3 Å². The van der Waals surface area contributed by atoms with Crippen LogP contribution in [0.4, 0.5) is 0 Å². The van der Waals surface area contributed by atoms with Crippen LogP contribution in [0.3, 0.4) is 0 Å². The van der Waals surface area contributed by atoms with Gasteiger partial charge < -0.3 is 4.74 Å². The highest BCUT2D eigenvalue weighted by Crippen LogP contribution is 2.24. The predicted octanol–water partition coefficient (Wildman–Crippen LogP) is 0.702. The van der Waals surface area contributed by atoms with Crippen molar-refractivity contribution in [2.24, 2.45) is 5.84 Å². The average molecular weight is 293 g/mol. The van der Waals surface area contributed by atoms with Crippen LogP contribution in [-0.4, -0.2) is 52.6 Å². The Labute approximate surface area is 126 Å². The van der Waals surface area contributed by atoms with Gasteiger partial charge in [-0.25, -0.2) is 0 Å². The Kier molecular flexibility index (Phi) is 4.59. The first kappa shape index (κ1) is 15.0. The van der Waals surface area contributed by atoms with Gasteiger partial charge in [0.15, 0.2) is 0 Å². The summed E-state index contributed by atoms with van der Waals surface area (Å²) in [7, 11) is 0. The van der Waals surface area contributed by atoms with E-state index < -0.39 is 0 Å². The maximum absolute atomic E-state index is 6.05. The molecule has 6 nitrogen and oxygen atoms in total. The normalized spacial score (nSPS) is 28.0. The minimum Gasteiger partial charge on any atom is -0.374 e. The summed E-state index contributed by atoms with van der Waals surface area (Å²) in [5, 5.41) is 4.61. The smallest absolute Gasteiger partial charge is 0.0872 e. The molecule has 3 heterocycles. The predicted molar refractivity (Wildman–Crippen MR) is 81.8 cm³/mol. The van der Waals surface area contributed by atoms with Crippen LogP contribution >= 0.6 is 0 Å². The summed E-state index contributed by atoms with van der Waals surface area (Å²) in [4.78, 5) is 2.55. The Hall–Kier alpha value is -0.950. The first-order valence-corrected chi connectivity index (χ1v) is 8.03. The maximum atomic E-state index is 6.05. The highest BCUT2D eigenvalue weighted by molar-refractivity contribution is 5.04. The quantitative estimate of drug-likeness (QED) is 0.618. The Morgan fingerprint density at radius 2 is 2.38 bits per heavy atom. The molecule has 21 heavy (non-hydrogen) atoms. The largest absolute Gasteiger partial charge is 0.374 e. The molecule has 0 aliphatic carbocycles. The number of hydrogen-bond donors (Lipinski definition) is 2. The number of nitrogens with two attached hydrogens (primary N) is 1. The van der Waals surface area contributed by atoms with Crippen molar-refractivity contribution in [3.05, 3.63) is 18.0 Å². The lowest BCUT2D eigenvalue weighted by atomic mass is 10.0. The van der Waals surface area contributed by atoms with Crippen LogP contribution < -0.4 is 11.3 Å². The van der Waals surface area contributed by atoms with Crippen LogP contribution in [0.25, 0.3) is 0 Å². The summed E-state index contributed by atoms with van der Waals surface area (Å²) in [5.41, 5.74) is 4.01. The molecule has 2 saturated heterocycles. The van der Waals surface area contributed by atoms with Crippen LogP contribution in [0.5, 0.6) is 0 Å². The molecule has 3 unspecified atom stereocenters. The van der Waals surface area contributed by atoms with Gasteiger partial charge in [0.1, 0.15) is 0 Å². The number of nitrogens with one attached hydrogen (secondary N) is 1. The van der Waals surface area contributed by atoms with E-state index in [1.165, 1.54) is 19.4 Å². The van der Waals surface area contributed by atoms with Gasteiger partial charge in [-0.1, -0.05) is 0 Å². The van der Waals surface area contributed by atoms with Crippen molar-refractivity contribution in [2.75, 3.05) is 19.7 Å². The molecule has 3 rings (SSSR count). The molecule has 1 aromatic heterocycles. The van der Waals surface area contributed by atoms with Gasteiger partial charge in [-0.05, 0) is 39.3 Å². The third kappa shape index (κ3) is 3.29. The van der Waals surface area contributed by atoms with Crippen molar-refractivity contribution < 1.29 is 4.74 Å². The van der Waals surface area contributed by atoms with Crippen LogP contribution in [0.1, 0.15) is 38.4 Å². The SMILES string of the molecule is CC(C)n1ccc(CC(NN)C2CN3CCCC3CO2)n1. The van der Waals surface area contributed by atoms with E-state index in [1.54, 1.807) is 0 Å². The Balaban J connectivity index is 1.61. The van der Waals surface area contributed by atoms with E-state index in [-0.39, 0.29) is 12.1 Å². The molecule has 0 aromatic carbocycles. The summed E-state index contributed by atoms with van der Waals surface area (Å²) in [6.45, 7) is 7.28. The second-order valence-corrected chi connectivity index (χ2v) is 6.52. The fourth-order valence-corrected chi connectivity index (χ4v) is 3.38. The van der Waals surface area contributed by atoms with E-state index in [0.717, 1.165) is 25.3 Å². The molecule has 6 heteroatoms. The molecule has 0 saturated carbocycles. The number of rotatable bonds is 5. The minimum absolute atomic E-state index is 0.113. The third-order valence-corrected chi connectivity index (χ3v) is 4.70. The molecule has 3 N–H and O–H groups in total. The Bertz CT molecular complexity index is 461. The lowest BCUT2D eigenvalue weighted by molar-refractivity contribution is -0.0645.